The third-order valence-electron chi connectivity index (χ3n) is 2.35. The lowest BCUT2D eigenvalue weighted by Crippen LogP contribution is -2.29. The van der Waals surface area contributed by atoms with Crippen molar-refractivity contribution in [3.05, 3.63) is 33.3 Å². The highest BCUT2D eigenvalue weighted by Crippen LogP contribution is 2.25. The van der Waals surface area contributed by atoms with Gasteiger partial charge in [0.15, 0.2) is 0 Å². The number of halogens is 1. The lowest BCUT2D eigenvalue weighted by molar-refractivity contribution is -0.384. The molecule has 0 saturated heterocycles. The van der Waals surface area contributed by atoms with Gasteiger partial charge in [0.1, 0.15) is 4.90 Å². The molecule has 1 atom stereocenters. The van der Waals surface area contributed by atoms with Gasteiger partial charge in [-0.25, -0.2) is 13.1 Å². The summed E-state index contributed by atoms with van der Waals surface area (Å²) in [7, 11) is -3.85. The maximum atomic E-state index is 11.9. The van der Waals surface area contributed by atoms with E-state index in [9.17, 15) is 18.5 Å². The monoisotopic (exact) mass is 308 g/mol. The zero-order chi connectivity index (χ0) is 14.6. The van der Waals surface area contributed by atoms with Crippen LogP contribution in [0.15, 0.2) is 23.1 Å². The predicted molar refractivity (Wildman–Crippen MR) is 69.5 cm³/mol. The van der Waals surface area contributed by atoms with Gasteiger partial charge in [0.2, 0.25) is 10.0 Å². The van der Waals surface area contributed by atoms with Crippen LogP contribution < -0.4 is 4.72 Å². The van der Waals surface area contributed by atoms with Crippen LogP contribution in [0, 0.1) is 16.0 Å². The van der Waals surface area contributed by atoms with Crippen LogP contribution in [0.3, 0.4) is 0 Å². The number of nitro benzene ring substituents is 1. The molecule has 1 rings (SSSR count). The Kier molecular flexibility index (Phi) is 5.24. The van der Waals surface area contributed by atoms with Gasteiger partial charge in [-0.05, 0) is 12.0 Å². The van der Waals surface area contributed by atoms with Crippen molar-refractivity contribution in [2.75, 3.05) is 13.2 Å². The van der Waals surface area contributed by atoms with Crippen LogP contribution in [0.1, 0.15) is 6.92 Å². The molecule has 0 aliphatic carbocycles. The average Bonchev–Trinajstić information content (AvgIpc) is 2.35. The minimum absolute atomic E-state index is 0.0478. The van der Waals surface area contributed by atoms with Crippen molar-refractivity contribution in [2.45, 2.75) is 11.8 Å². The molecule has 0 bridgehead atoms. The lowest BCUT2D eigenvalue weighted by Gasteiger charge is -2.11. The molecular formula is C10H13ClN2O5S. The van der Waals surface area contributed by atoms with Gasteiger partial charge in [0.25, 0.3) is 5.69 Å². The first-order valence-corrected chi connectivity index (χ1v) is 7.18. The van der Waals surface area contributed by atoms with Crippen LogP contribution in [0.5, 0.6) is 0 Å². The number of rotatable bonds is 6. The molecule has 7 nitrogen and oxygen atoms in total. The van der Waals surface area contributed by atoms with Gasteiger partial charge in [-0.1, -0.05) is 18.5 Å². The van der Waals surface area contributed by atoms with Crippen molar-refractivity contribution in [3.63, 3.8) is 0 Å². The summed E-state index contributed by atoms with van der Waals surface area (Å²) in [4.78, 5) is 9.63. The van der Waals surface area contributed by atoms with E-state index in [0.29, 0.717) is 0 Å². The van der Waals surface area contributed by atoms with Crippen molar-refractivity contribution in [3.8, 4) is 0 Å². The second-order valence-corrected chi connectivity index (χ2v) is 6.15. The summed E-state index contributed by atoms with van der Waals surface area (Å²) in [6.45, 7) is 1.56. The molecule has 0 saturated carbocycles. The van der Waals surface area contributed by atoms with Crippen molar-refractivity contribution in [1.82, 2.24) is 4.72 Å². The first-order chi connectivity index (χ1) is 8.77. The quantitative estimate of drug-likeness (QED) is 0.605. The summed E-state index contributed by atoms with van der Waals surface area (Å²) in [5.74, 6) is -0.244. The highest BCUT2D eigenvalue weighted by Gasteiger charge is 2.20. The van der Waals surface area contributed by atoms with E-state index in [-0.39, 0.29) is 34.7 Å². The Bertz CT molecular complexity index is 575. The molecule has 0 aromatic heterocycles. The standard InChI is InChI=1S/C10H13ClN2O5S/c1-7(6-14)5-12-19(17,18)10-3-2-8(13(15)16)4-9(10)11/h2-4,7,12,14H,5-6H2,1H3. The average molecular weight is 309 g/mol. The minimum Gasteiger partial charge on any atom is -0.396 e. The number of nitro groups is 1. The molecule has 106 valence electrons. The van der Waals surface area contributed by atoms with Gasteiger partial charge in [-0.3, -0.25) is 10.1 Å². The largest absolute Gasteiger partial charge is 0.396 e. The van der Waals surface area contributed by atoms with Gasteiger partial charge in [0, 0.05) is 25.3 Å². The van der Waals surface area contributed by atoms with Crippen molar-refractivity contribution < 1.29 is 18.4 Å². The fourth-order valence-electron chi connectivity index (χ4n) is 1.22. The van der Waals surface area contributed by atoms with Crippen LogP contribution in [0.4, 0.5) is 5.69 Å². The molecule has 19 heavy (non-hydrogen) atoms. The van der Waals surface area contributed by atoms with E-state index >= 15 is 0 Å². The molecule has 0 spiro atoms. The molecule has 0 aliphatic rings. The fourth-order valence-corrected chi connectivity index (χ4v) is 2.92. The van der Waals surface area contributed by atoms with E-state index in [1.165, 1.54) is 0 Å². The number of aliphatic hydroxyl groups excluding tert-OH is 1. The molecule has 0 heterocycles. The highest BCUT2D eigenvalue weighted by atomic mass is 35.5. The molecule has 0 fully saturated rings. The first-order valence-electron chi connectivity index (χ1n) is 5.32. The third-order valence-corrected chi connectivity index (χ3v) is 4.26. The van der Waals surface area contributed by atoms with Crippen molar-refractivity contribution >= 4 is 27.3 Å². The summed E-state index contributed by atoms with van der Waals surface area (Å²) in [5.41, 5.74) is -0.285. The number of hydrogen-bond acceptors (Lipinski definition) is 5. The SMILES string of the molecule is CC(CO)CNS(=O)(=O)c1ccc([N+](=O)[O-])cc1Cl. The number of benzene rings is 1. The van der Waals surface area contributed by atoms with Crippen LogP contribution >= 0.6 is 11.6 Å². The van der Waals surface area contributed by atoms with Crippen molar-refractivity contribution in [2.24, 2.45) is 5.92 Å². The summed E-state index contributed by atoms with van der Waals surface area (Å²) in [6.07, 6.45) is 0. The van der Waals surface area contributed by atoms with Gasteiger partial charge < -0.3 is 5.11 Å². The number of nitrogens with one attached hydrogen (secondary N) is 1. The molecule has 0 aliphatic heterocycles. The molecule has 9 heteroatoms. The van der Waals surface area contributed by atoms with E-state index < -0.39 is 14.9 Å². The Morgan fingerprint density at radius 1 is 1.53 bits per heavy atom. The first kappa shape index (κ1) is 15.8. The fraction of sp³-hybridized carbons (Fsp3) is 0.400. The van der Waals surface area contributed by atoms with E-state index in [2.05, 4.69) is 4.72 Å². The summed E-state index contributed by atoms with van der Waals surface area (Å²) in [5, 5.41) is 19.1. The Hall–Kier alpha value is -1.22. The Morgan fingerprint density at radius 2 is 2.16 bits per heavy atom. The van der Waals surface area contributed by atoms with Gasteiger partial charge >= 0.3 is 0 Å². The summed E-state index contributed by atoms with van der Waals surface area (Å²) >= 11 is 5.73. The molecule has 2 N–H and O–H groups in total. The summed E-state index contributed by atoms with van der Waals surface area (Å²) < 4.78 is 26.1. The summed E-state index contributed by atoms with van der Waals surface area (Å²) in [6, 6.07) is 3.12. The Labute approximate surface area is 115 Å². The third kappa shape index (κ3) is 4.13. The van der Waals surface area contributed by atoms with E-state index in [1.54, 1.807) is 6.92 Å². The number of hydrogen-bond donors (Lipinski definition) is 2. The zero-order valence-corrected chi connectivity index (χ0v) is 11.6. The molecular weight excluding hydrogens is 296 g/mol. The lowest BCUT2D eigenvalue weighted by atomic mass is 10.2. The second kappa shape index (κ2) is 6.29. The van der Waals surface area contributed by atoms with E-state index in [1.807, 2.05) is 0 Å². The predicted octanol–water partition coefficient (Wildman–Crippen LogP) is 1.15. The zero-order valence-electron chi connectivity index (χ0n) is 10.0. The number of aliphatic hydroxyl groups is 1. The Balaban J connectivity index is 2.99. The molecule has 0 radical (unpaired) electrons. The molecule has 1 unspecified atom stereocenters. The minimum atomic E-state index is -3.85. The number of nitrogens with zero attached hydrogens (tertiary/aromatic N) is 1. The van der Waals surface area contributed by atoms with Crippen LogP contribution in [-0.2, 0) is 10.0 Å². The van der Waals surface area contributed by atoms with Crippen LogP contribution in [-0.4, -0.2) is 31.6 Å². The van der Waals surface area contributed by atoms with Crippen LogP contribution in [0.2, 0.25) is 5.02 Å². The molecule has 0 amide bonds. The number of non-ortho nitro benzene ring substituents is 1. The Morgan fingerprint density at radius 3 is 2.63 bits per heavy atom. The van der Waals surface area contributed by atoms with E-state index in [4.69, 9.17) is 16.7 Å². The highest BCUT2D eigenvalue weighted by molar-refractivity contribution is 7.89. The maximum Gasteiger partial charge on any atom is 0.271 e. The van der Waals surface area contributed by atoms with Gasteiger partial charge in [0.05, 0.1) is 9.95 Å². The molecule has 1 aromatic rings. The van der Waals surface area contributed by atoms with E-state index in [0.717, 1.165) is 18.2 Å². The topological polar surface area (TPSA) is 110 Å². The smallest absolute Gasteiger partial charge is 0.271 e. The normalized spacial score (nSPS) is 13.2. The number of sulfonamides is 1. The maximum absolute atomic E-state index is 11.9. The second-order valence-electron chi connectivity index (χ2n) is 4.01. The van der Waals surface area contributed by atoms with Gasteiger partial charge in [-0.2, -0.15) is 0 Å². The molecule has 1 aromatic carbocycles. The van der Waals surface area contributed by atoms with Crippen molar-refractivity contribution in [1.29, 1.82) is 0 Å². The van der Waals surface area contributed by atoms with Gasteiger partial charge in [-0.15, -0.1) is 0 Å². The van der Waals surface area contributed by atoms with Crippen LogP contribution in [0.25, 0.3) is 0 Å².